The van der Waals surface area contributed by atoms with E-state index in [0.717, 1.165) is 13.0 Å². The van der Waals surface area contributed by atoms with Gasteiger partial charge in [-0.3, -0.25) is 4.79 Å². The standard InChI is InChI=1S/C11H14N2O3/c1-9(13-6-2-5-11(13)14)16-12-8-10-4-3-7-15-10/h3-4,7-9H,2,5-6H2,1H3/b12-8+. The van der Waals surface area contributed by atoms with Crippen LogP contribution in [0.25, 0.3) is 0 Å². The second-order valence-electron chi connectivity index (χ2n) is 3.65. The average Bonchev–Trinajstić information content (AvgIpc) is 2.88. The first-order chi connectivity index (χ1) is 7.77. The van der Waals surface area contributed by atoms with Crippen LogP contribution >= 0.6 is 0 Å². The molecule has 5 nitrogen and oxygen atoms in total. The maximum atomic E-state index is 11.4. The molecule has 0 aromatic carbocycles. The molecule has 1 amide bonds. The fourth-order valence-corrected chi connectivity index (χ4v) is 1.65. The highest BCUT2D eigenvalue weighted by atomic mass is 16.6. The minimum Gasteiger partial charge on any atom is -0.463 e. The van der Waals surface area contributed by atoms with E-state index in [9.17, 15) is 4.79 Å². The Bertz CT molecular complexity index is 373. The summed E-state index contributed by atoms with van der Waals surface area (Å²) in [5, 5.41) is 3.78. The zero-order valence-electron chi connectivity index (χ0n) is 9.13. The number of nitrogens with zero attached hydrogens (tertiary/aromatic N) is 2. The molecule has 0 spiro atoms. The van der Waals surface area contributed by atoms with Crippen LogP contribution in [-0.2, 0) is 9.63 Å². The van der Waals surface area contributed by atoms with Crippen LogP contribution in [0, 0.1) is 0 Å². The summed E-state index contributed by atoms with van der Waals surface area (Å²) in [6.45, 7) is 2.55. The Morgan fingerprint density at radius 2 is 2.56 bits per heavy atom. The summed E-state index contributed by atoms with van der Waals surface area (Å²) >= 11 is 0. The van der Waals surface area contributed by atoms with Crippen LogP contribution < -0.4 is 0 Å². The van der Waals surface area contributed by atoms with Gasteiger partial charge in [0.2, 0.25) is 5.91 Å². The number of oxime groups is 1. The van der Waals surface area contributed by atoms with Gasteiger partial charge in [-0.15, -0.1) is 0 Å². The highest BCUT2D eigenvalue weighted by Crippen LogP contribution is 2.14. The number of rotatable bonds is 4. The number of carbonyl (C=O) groups is 1. The van der Waals surface area contributed by atoms with Crippen molar-refractivity contribution in [2.75, 3.05) is 6.54 Å². The molecule has 0 radical (unpaired) electrons. The fraction of sp³-hybridized carbons (Fsp3) is 0.455. The topological polar surface area (TPSA) is 55.0 Å². The molecule has 86 valence electrons. The minimum atomic E-state index is -0.318. The van der Waals surface area contributed by atoms with Gasteiger partial charge in [0.05, 0.1) is 6.26 Å². The number of carbonyl (C=O) groups excluding carboxylic acids is 1. The molecule has 1 saturated heterocycles. The van der Waals surface area contributed by atoms with Gasteiger partial charge >= 0.3 is 0 Å². The lowest BCUT2D eigenvalue weighted by atomic mass is 10.4. The van der Waals surface area contributed by atoms with E-state index in [1.807, 2.05) is 6.92 Å². The molecule has 5 heteroatoms. The van der Waals surface area contributed by atoms with Gasteiger partial charge in [-0.2, -0.15) is 0 Å². The lowest BCUT2D eigenvalue weighted by molar-refractivity contribution is -0.139. The molecular weight excluding hydrogens is 208 g/mol. The number of hydrogen-bond donors (Lipinski definition) is 0. The zero-order valence-corrected chi connectivity index (χ0v) is 9.13. The van der Waals surface area contributed by atoms with Crippen molar-refractivity contribution in [3.05, 3.63) is 24.2 Å². The molecule has 1 aromatic heterocycles. The van der Waals surface area contributed by atoms with Gasteiger partial charge in [0.25, 0.3) is 0 Å². The highest BCUT2D eigenvalue weighted by molar-refractivity contribution is 5.78. The second-order valence-corrected chi connectivity index (χ2v) is 3.65. The molecule has 1 atom stereocenters. The molecule has 0 aliphatic carbocycles. The second kappa shape index (κ2) is 4.83. The van der Waals surface area contributed by atoms with E-state index in [2.05, 4.69) is 5.16 Å². The van der Waals surface area contributed by atoms with Gasteiger partial charge in [0, 0.05) is 13.0 Å². The van der Waals surface area contributed by atoms with Crippen LogP contribution in [0.5, 0.6) is 0 Å². The van der Waals surface area contributed by atoms with Crippen LogP contribution in [-0.4, -0.2) is 29.8 Å². The number of likely N-dealkylation sites (tertiary alicyclic amines) is 1. The third-order valence-electron chi connectivity index (χ3n) is 2.49. The molecule has 2 rings (SSSR count). The van der Waals surface area contributed by atoms with Gasteiger partial charge in [0.1, 0.15) is 12.0 Å². The van der Waals surface area contributed by atoms with E-state index < -0.39 is 0 Å². The largest absolute Gasteiger partial charge is 0.463 e. The van der Waals surface area contributed by atoms with E-state index in [1.54, 1.807) is 23.3 Å². The van der Waals surface area contributed by atoms with E-state index >= 15 is 0 Å². The number of furan rings is 1. The third kappa shape index (κ3) is 2.42. The molecular formula is C11H14N2O3. The third-order valence-corrected chi connectivity index (χ3v) is 2.49. The van der Waals surface area contributed by atoms with Crippen LogP contribution in [0.4, 0.5) is 0 Å². The smallest absolute Gasteiger partial charge is 0.225 e. The molecule has 16 heavy (non-hydrogen) atoms. The average molecular weight is 222 g/mol. The van der Waals surface area contributed by atoms with Crippen molar-refractivity contribution in [3.63, 3.8) is 0 Å². The number of amides is 1. The van der Waals surface area contributed by atoms with Crippen molar-refractivity contribution in [1.29, 1.82) is 0 Å². The predicted molar refractivity (Wildman–Crippen MR) is 57.8 cm³/mol. The first kappa shape index (κ1) is 10.7. The van der Waals surface area contributed by atoms with Gasteiger partial charge < -0.3 is 14.2 Å². The Morgan fingerprint density at radius 3 is 3.19 bits per heavy atom. The molecule has 1 aromatic rings. The SMILES string of the molecule is CC(O/N=C/c1ccco1)N1CCCC1=O. The van der Waals surface area contributed by atoms with Crippen molar-refractivity contribution >= 4 is 12.1 Å². The molecule has 1 fully saturated rings. The van der Waals surface area contributed by atoms with Crippen molar-refractivity contribution < 1.29 is 14.0 Å². The molecule has 0 bridgehead atoms. The van der Waals surface area contributed by atoms with Crippen molar-refractivity contribution in [3.8, 4) is 0 Å². The van der Waals surface area contributed by atoms with Crippen LogP contribution in [0.2, 0.25) is 0 Å². The van der Waals surface area contributed by atoms with E-state index in [-0.39, 0.29) is 12.1 Å². The molecule has 1 unspecified atom stereocenters. The van der Waals surface area contributed by atoms with E-state index in [0.29, 0.717) is 12.2 Å². The first-order valence-corrected chi connectivity index (χ1v) is 5.29. The summed E-state index contributed by atoms with van der Waals surface area (Å²) in [5.74, 6) is 0.751. The van der Waals surface area contributed by atoms with Crippen LogP contribution in [0.1, 0.15) is 25.5 Å². The van der Waals surface area contributed by atoms with Crippen molar-refractivity contribution in [2.24, 2.45) is 5.16 Å². The summed E-state index contributed by atoms with van der Waals surface area (Å²) in [6, 6.07) is 3.55. The van der Waals surface area contributed by atoms with Crippen molar-refractivity contribution in [1.82, 2.24) is 4.90 Å². The Kier molecular flexibility index (Phi) is 3.24. The minimum absolute atomic E-state index is 0.126. The Hall–Kier alpha value is -1.78. The fourth-order valence-electron chi connectivity index (χ4n) is 1.65. The molecule has 1 aliphatic heterocycles. The Balaban J connectivity index is 1.83. The Labute approximate surface area is 93.7 Å². The number of hydrogen-bond acceptors (Lipinski definition) is 4. The lowest BCUT2D eigenvalue weighted by Crippen LogP contribution is -2.34. The van der Waals surface area contributed by atoms with Gasteiger partial charge in [0.15, 0.2) is 6.23 Å². The van der Waals surface area contributed by atoms with Crippen LogP contribution in [0.15, 0.2) is 28.0 Å². The molecule has 2 heterocycles. The molecule has 1 aliphatic rings. The lowest BCUT2D eigenvalue weighted by Gasteiger charge is -2.21. The zero-order chi connectivity index (χ0) is 11.4. The van der Waals surface area contributed by atoms with Gasteiger partial charge in [-0.1, -0.05) is 5.16 Å². The summed E-state index contributed by atoms with van der Waals surface area (Å²) in [6.07, 6.45) is 4.23. The van der Waals surface area contributed by atoms with Gasteiger partial charge in [-0.05, 0) is 25.5 Å². The normalized spacial score (nSPS) is 18.3. The maximum Gasteiger partial charge on any atom is 0.225 e. The summed E-state index contributed by atoms with van der Waals surface area (Å²) < 4.78 is 5.05. The first-order valence-electron chi connectivity index (χ1n) is 5.29. The van der Waals surface area contributed by atoms with E-state index in [1.165, 1.54) is 6.21 Å². The van der Waals surface area contributed by atoms with Crippen LogP contribution in [0.3, 0.4) is 0 Å². The quantitative estimate of drug-likeness (QED) is 0.574. The molecule has 0 N–H and O–H groups in total. The summed E-state index contributed by atoms with van der Waals surface area (Å²) in [7, 11) is 0. The van der Waals surface area contributed by atoms with E-state index in [4.69, 9.17) is 9.25 Å². The maximum absolute atomic E-state index is 11.4. The Morgan fingerprint density at radius 1 is 1.69 bits per heavy atom. The highest BCUT2D eigenvalue weighted by Gasteiger charge is 2.25. The monoisotopic (exact) mass is 222 g/mol. The summed E-state index contributed by atoms with van der Waals surface area (Å²) in [5.41, 5.74) is 0. The molecule has 0 saturated carbocycles. The van der Waals surface area contributed by atoms with Gasteiger partial charge in [-0.25, -0.2) is 0 Å². The predicted octanol–water partition coefficient (Wildman–Crippen LogP) is 1.60. The van der Waals surface area contributed by atoms with Crippen molar-refractivity contribution in [2.45, 2.75) is 26.0 Å². The summed E-state index contributed by atoms with van der Waals surface area (Å²) in [4.78, 5) is 18.2.